The number of likely N-dealkylation sites (N-methyl/N-ethyl adjacent to an activating group) is 1. The lowest BCUT2D eigenvalue weighted by atomic mass is 10.1. The molecule has 0 bridgehead atoms. The minimum atomic E-state index is 0.342. The van der Waals surface area contributed by atoms with Crippen LogP contribution in [0.5, 0.6) is 5.75 Å². The fourth-order valence-corrected chi connectivity index (χ4v) is 2.66. The van der Waals surface area contributed by atoms with Crippen LogP contribution in [0.15, 0.2) is 18.2 Å². The molecule has 2 rings (SSSR count). The van der Waals surface area contributed by atoms with E-state index in [1.54, 1.807) is 12.1 Å². The van der Waals surface area contributed by atoms with Crippen molar-refractivity contribution in [1.82, 2.24) is 9.80 Å². The Labute approximate surface area is 109 Å². The first kappa shape index (κ1) is 13.2. The first-order valence-electron chi connectivity index (χ1n) is 6.64. The average Bonchev–Trinajstić information content (AvgIpc) is 2.34. The highest BCUT2D eigenvalue weighted by Gasteiger charge is 2.22. The summed E-state index contributed by atoms with van der Waals surface area (Å²) >= 11 is 0. The molecule has 0 aliphatic carbocycles. The van der Waals surface area contributed by atoms with Gasteiger partial charge in [0, 0.05) is 43.5 Å². The van der Waals surface area contributed by atoms with E-state index in [1.165, 1.54) is 0 Å². The van der Waals surface area contributed by atoms with Crippen LogP contribution in [0, 0.1) is 0 Å². The van der Waals surface area contributed by atoms with E-state index >= 15 is 0 Å². The maximum Gasteiger partial charge on any atom is 0.120 e. The Balaban J connectivity index is 2.00. The molecule has 1 aromatic carbocycles. The van der Waals surface area contributed by atoms with Gasteiger partial charge in [0.25, 0.3) is 0 Å². The normalized spacial score (nSPS) is 22.2. The van der Waals surface area contributed by atoms with Crippen molar-refractivity contribution in [3.63, 3.8) is 0 Å². The standard InChI is InChI=1S/C14H23N3O/c1-3-17-7-6-16(9-11(17)2)10-12-8-13(15)4-5-14(12)18/h4-5,8,11,18H,3,6-7,9-10,15H2,1-2H3. The highest BCUT2D eigenvalue weighted by atomic mass is 16.3. The van der Waals surface area contributed by atoms with Gasteiger partial charge in [-0.2, -0.15) is 0 Å². The molecule has 1 fully saturated rings. The number of hydrogen-bond acceptors (Lipinski definition) is 4. The van der Waals surface area contributed by atoms with E-state index in [2.05, 4.69) is 23.6 Å². The van der Waals surface area contributed by atoms with E-state index in [1.807, 2.05) is 6.07 Å². The molecule has 4 heteroatoms. The van der Waals surface area contributed by atoms with E-state index in [0.29, 0.717) is 17.5 Å². The Hall–Kier alpha value is -1.26. The highest BCUT2D eigenvalue weighted by Crippen LogP contribution is 2.22. The highest BCUT2D eigenvalue weighted by molar-refractivity contribution is 5.47. The lowest BCUT2D eigenvalue weighted by molar-refractivity contribution is 0.0829. The number of nitrogens with two attached hydrogens (primary N) is 1. The molecule has 18 heavy (non-hydrogen) atoms. The lowest BCUT2D eigenvalue weighted by Gasteiger charge is -2.39. The van der Waals surface area contributed by atoms with Gasteiger partial charge in [-0.1, -0.05) is 6.92 Å². The number of rotatable bonds is 3. The molecule has 0 radical (unpaired) electrons. The maximum absolute atomic E-state index is 9.84. The molecule has 100 valence electrons. The van der Waals surface area contributed by atoms with E-state index in [9.17, 15) is 5.11 Å². The summed E-state index contributed by atoms with van der Waals surface area (Å²) in [6, 6.07) is 5.85. The van der Waals surface area contributed by atoms with E-state index < -0.39 is 0 Å². The Morgan fingerprint density at radius 1 is 1.39 bits per heavy atom. The minimum absolute atomic E-state index is 0.342. The Bertz CT molecular complexity index is 408. The van der Waals surface area contributed by atoms with Crippen LogP contribution < -0.4 is 5.73 Å². The van der Waals surface area contributed by atoms with Gasteiger partial charge in [0.05, 0.1) is 0 Å². The molecule has 1 aliphatic heterocycles. The van der Waals surface area contributed by atoms with Crippen molar-refractivity contribution in [2.75, 3.05) is 31.9 Å². The molecule has 1 unspecified atom stereocenters. The van der Waals surface area contributed by atoms with Gasteiger partial charge in [-0.3, -0.25) is 9.80 Å². The fourth-order valence-electron chi connectivity index (χ4n) is 2.66. The van der Waals surface area contributed by atoms with Crippen molar-refractivity contribution in [2.24, 2.45) is 0 Å². The molecule has 1 atom stereocenters. The van der Waals surface area contributed by atoms with Crippen molar-refractivity contribution < 1.29 is 5.11 Å². The fraction of sp³-hybridized carbons (Fsp3) is 0.571. The second-order valence-corrected chi connectivity index (χ2v) is 5.10. The zero-order valence-corrected chi connectivity index (χ0v) is 11.3. The first-order valence-corrected chi connectivity index (χ1v) is 6.64. The quantitative estimate of drug-likeness (QED) is 0.629. The molecule has 1 saturated heterocycles. The van der Waals surface area contributed by atoms with Crippen LogP contribution in [-0.2, 0) is 6.54 Å². The second-order valence-electron chi connectivity index (χ2n) is 5.10. The topological polar surface area (TPSA) is 52.7 Å². The number of piperazine rings is 1. The number of anilines is 1. The van der Waals surface area contributed by atoms with E-state index in [4.69, 9.17) is 5.73 Å². The van der Waals surface area contributed by atoms with Crippen LogP contribution in [0.1, 0.15) is 19.4 Å². The van der Waals surface area contributed by atoms with Crippen LogP contribution in [-0.4, -0.2) is 47.1 Å². The van der Waals surface area contributed by atoms with Crippen LogP contribution >= 0.6 is 0 Å². The van der Waals surface area contributed by atoms with Crippen molar-refractivity contribution in [2.45, 2.75) is 26.4 Å². The number of aromatic hydroxyl groups is 1. The van der Waals surface area contributed by atoms with Gasteiger partial charge < -0.3 is 10.8 Å². The van der Waals surface area contributed by atoms with Gasteiger partial charge in [0.1, 0.15) is 5.75 Å². The third-order valence-electron chi connectivity index (χ3n) is 3.75. The summed E-state index contributed by atoms with van der Waals surface area (Å²) in [7, 11) is 0. The van der Waals surface area contributed by atoms with E-state index in [-0.39, 0.29) is 0 Å². The Morgan fingerprint density at radius 2 is 2.17 bits per heavy atom. The third kappa shape index (κ3) is 2.94. The summed E-state index contributed by atoms with van der Waals surface area (Å²) in [5.41, 5.74) is 7.40. The molecule has 0 spiro atoms. The largest absolute Gasteiger partial charge is 0.508 e. The van der Waals surface area contributed by atoms with Crippen molar-refractivity contribution in [3.05, 3.63) is 23.8 Å². The van der Waals surface area contributed by atoms with Gasteiger partial charge in [0.2, 0.25) is 0 Å². The molecular weight excluding hydrogens is 226 g/mol. The number of phenolic OH excluding ortho intramolecular Hbond substituents is 1. The van der Waals surface area contributed by atoms with Crippen LogP contribution in [0.25, 0.3) is 0 Å². The predicted molar refractivity (Wildman–Crippen MR) is 74.5 cm³/mol. The summed E-state index contributed by atoms with van der Waals surface area (Å²) in [6.07, 6.45) is 0. The van der Waals surface area contributed by atoms with Crippen LogP contribution in [0.2, 0.25) is 0 Å². The lowest BCUT2D eigenvalue weighted by Crippen LogP contribution is -2.51. The molecule has 0 amide bonds. The number of nitrogens with zero attached hydrogens (tertiary/aromatic N) is 2. The van der Waals surface area contributed by atoms with Gasteiger partial charge in [0.15, 0.2) is 0 Å². The number of hydrogen-bond donors (Lipinski definition) is 2. The Kier molecular flexibility index (Phi) is 4.09. The predicted octanol–water partition coefficient (Wildman–Crippen LogP) is 1.50. The number of phenols is 1. The second kappa shape index (κ2) is 5.59. The van der Waals surface area contributed by atoms with Crippen molar-refractivity contribution in [1.29, 1.82) is 0 Å². The first-order chi connectivity index (χ1) is 8.60. The zero-order valence-electron chi connectivity index (χ0n) is 11.3. The maximum atomic E-state index is 9.84. The molecule has 4 nitrogen and oxygen atoms in total. The summed E-state index contributed by atoms with van der Waals surface area (Å²) in [6.45, 7) is 9.54. The minimum Gasteiger partial charge on any atom is -0.508 e. The third-order valence-corrected chi connectivity index (χ3v) is 3.75. The molecule has 1 aliphatic rings. The number of benzene rings is 1. The van der Waals surface area contributed by atoms with Gasteiger partial charge >= 0.3 is 0 Å². The summed E-state index contributed by atoms with van der Waals surface area (Å²) in [5, 5.41) is 9.84. The monoisotopic (exact) mass is 249 g/mol. The van der Waals surface area contributed by atoms with Gasteiger partial charge in [-0.05, 0) is 31.7 Å². The molecule has 0 aromatic heterocycles. The molecule has 3 N–H and O–H groups in total. The van der Waals surface area contributed by atoms with Gasteiger partial charge in [-0.25, -0.2) is 0 Å². The molecule has 1 aromatic rings. The van der Waals surface area contributed by atoms with Gasteiger partial charge in [-0.15, -0.1) is 0 Å². The summed E-state index contributed by atoms with van der Waals surface area (Å²) < 4.78 is 0. The molecule has 0 saturated carbocycles. The van der Waals surface area contributed by atoms with E-state index in [0.717, 1.165) is 38.3 Å². The van der Waals surface area contributed by atoms with Crippen molar-refractivity contribution >= 4 is 5.69 Å². The SMILES string of the molecule is CCN1CCN(Cc2cc(N)ccc2O)CC1C. The molecular formula is C14H23N3O. The number of nitrogen functional groups attached to an aromatic ring is 1. The molecule has 1 heterocycles. The smallest absolute Gasteiger partial charge is 0.120 e. The van der Waals surface area contributed by atoms with Crippen LogP contribution in [0.4, 0.5) is 5.69 Å². The van der Waals surface area contributed by atoms with Crippen LogP contribution in [0.3, 0.4) is 0 Å². The zero-order chi connectivity index (χ0) is 13.1. The Morgan fingerprint density at radius 3 is 2.83 bits per heavy atom. The van der Waals surface area contributed by atoms with Crippen molar-refractivity contribution in [3.8, 4) is 5.75 Å². The summed E-state index contributed by atoms with van der Waals surface area (Å²) in [4.78, 5) is 4.86. The average molecular weight is 249 g/mol. The summed E-state index contributed by atoms with van der Waals surface area (Å²) in [5.74, 6) is 0.342.